The van der Waals surface area contributed by atoms with Crippen molar-refractivity contribution in [1.29, 1.82) is 0 Å². The van der Waals surface area contributed by atoms with Crippen LogP contribution in [0.2, 0.25) is 0 Å². The molecule has 0 spiro atoms. The van der Waals surface area contributed by atoms with E-state index in [-0.39, 0.29) is 12.7 Å². The third kappa shape index (κ3) is 7.12. The highest BCUT2D eigenvalue weighted by Gasteiger charge is 2.25. The second-order valence-corrected chi connectivity index (χ2v) is 10.8. The van der Waals surface area contributed by atoms with Crippen molar-refractivity contribution in [1.82, 2.24) is 4.90 Å². The van der Waals surface area contributed by atoms with Crippen LogP contribution >= 0.6 is 0 Å². The zero-order chi connectivity index (χ0) is 28.5. The zero-order valence-corrected chi connectivity index (χ0v) is 24.3. The Labute approximate surface area is 238 Å². The lowest BCUT2D eigenvalue weighted by Crippen LogP contribution is -2.49. The van der Waals surface area contributed by atoms with Gasteiger partial charge in [-0.05, 0) is 61.0 Å². The fourth-order valence-electron chi connectivity index (χ4n) is 4.47. The smallest absolute Gasteiger partial charge is 0.254 e. The Balaban J connectivity index is 1.38. The van der Waals surface area contributed by atoms with Crippen LogP contribution in [-0.2, 0) is 20.5 Å². The van der Waals surface area contributed by atoms with Gasteiger partial charge < -0.3 is 28.7 Å². The largest absolute Gasteiger partial charge is 0.495 e. The van der Waals surface area contributed by atoms with Crippen LogP contribution in [0.15, 0.2) is 71.6 Å². The lowest BCUT2D eigenvalue weighted by atomic mass is 10.1. The second kappa shape index (κ2) is 14.2. The number of rotatable bonds is 12. The third-order valence-corrected chi connectivity index (χ3v) is 8.19. The molecule has 3 aromatic carbocycles. The molecular weight excluding hydrogens is 530 g/mol. The maximum atomic E-state index is 13.5. The molecule has 10 heteroatoms. The SMILES string of the molecule is COCCOCOc1ccc(N(C)S(=O)c2ccc(C)c(C(=O)N3CCN(c4ccccc4OC)CC3)c2)cc1. The number of carbonyl (C=O) groups excluding carboxylic acids is 1. The minimum absolute atomic E-state index is 0.0482. The summed E-state index contributed by atoms with van der Waals surface area (Å²) in [4.78, 5) is 18.2. The molecule has 0 bridgehead atoms. The van der Waals surface area contributed by atoms with E-state index in [0.717, 1.165) is 22.7 Å². The number of benzene rings is 3. The molecule has 9 nitrogen and oxygen atoms in total. The average Bonchev–Trinajstić information content (AvgIpc) is 3.00. The molecule has 0 aliphatic carbocycles. The number of nitrogens with zero attached hydrogens (tertiary/aromatic N) is 3. The van der Waals surface area contributed by atoms with E-state index in [1.165, 1.54) is 0 Å². The molecule has 1 amide bonds. The predicted molar refractivity (Wildman–Crippen MR) is 157 cm³/mol. The Morgan fingerprint density at radius 1 is 0.950 bits per heavy atom. The summed E-state index contributed by atoms with van der Waals surface area (Å²) in [6, 6.07) is 20.6. The lowest BCUT2D eigenvalue weighted by Gasteiger charge is -2.36. The summed E-state index contributed by atoms with van der Waals surface area (Å²) in [6.07, 6.45) is 0. The first-order valence-corrected chi connectivity index (χ1v) is 14.3. The quantitative estimate of drug-likeness (QED) is 0.241. The van der Waals surface area contributed by atoms with Gasteiger partial charge in [-0.15, -0.1) is 0 Å². The summed E-state index contributed by atoms with van der Waals surface area (Å²) >= 11 is 0. The molecule has 1 aliphatic heterocycles. The number of ether oxygens (including phenoxy) is 4. The van der Waals surface area contributed by atoms with Crippen molar-refractivity contribution >= 4 is 28.3 Å². The fraction of sp³-hybridized carbons (Fsp3) is 0.367. The van der Waals surface area contributed by atoms with E-state index in [9.17, 15) is 9.00 Å². The third-order valence-electron chi connectivity index (χ3n) is 6.82. The van der Waals surface area contributed by atoms with Crippen molar-refractivity contribution in [2.45, 2.75) is 11.8 Å². The van der Waals surface area contributed by atoms with E-state index < -0.39 is 11.0 Å². The van der Waals surface area contributed by atoms with Crippen molar-refractivity contribution < 1.29 is 28.0 Å². The highest BCUT2D eigenvalue weighted by Crippen LogP contribution is 2.29. The van der Waals surface area contributed by atoms with E-state index in [2.05, 4.69) is 4.90 Å². The van der Waals surface area contributed by atoms with Gasteiger partial charge in [-0.2, -0.15) is 0 Å². The first-order chi connectivity index (χ1) is 19.4. The molecule has 0 radical (unpaired) electrons. The predicted octanol–water partition coefficient (Wildman–Crippen LogP) is 4.12. The summed E-state index contributed by atoms with van der Waals surface area (Å²) in [7, 11) is 3.54. The van der Waals surface area contributed by atoms with E-state index >= 15 is 0 Å². The van der Waals surface area contributed by atoms with Crippen molar-refractivity contribution in [2.75, 3.05) is 76.7 Å². The van der Waals surface area contributed by atoms with Crippen molar-refractivity contribution in [3.8, 4) is 11.5 Å². The Hall–Kier alpha value is -3.60. The molecule has 0 saturated carbocycles. The van der Waals surface area contributed by atoms with Crippen LogP contribution in [0.4, 0.5) is 11.4 Å². The minimum atomic E-state index is -1.51. The van der Waals surface area contributed by atoms with Crippen LogP contribution < -0.4 is 18.7 Å². The molecule has 1 unspecified atom stereocenters. The first-order valence-electron chi connectivity index (χ1n) is 13.2. The van der Waals surface area contributed by atoms with Crippen LogP contribution in [0.25, 0.3) is 0 Å². The molecule has 1 aliphatic rings. The van der Waals surface area contributed by atoms with Crippen LogP contribution in [0.5, 0.6) is 11.5 Å². The number of amides is 1. The van der Waals surface area contributed by atoms with Gasteiger partial charge in [-0.1, -0.05) is 18.2 Å². The summed E-state index contributed by atoms with van der Waals surface area (Å²) in [5.41, 5.74) is 3.22. The molecule has 1 atom stereocenters. The van der Waals surface area contributed by atoms with E-state index in [4.69, 9.17) is 18.9 Å². The number of anilines is 2. The van der Waals surface area contributed by atoms with Crippen LogP contribution in [0.1, 0.15) is 15.9 Å². The molecule has 4 rings (SSSR count). The van der Waals surface area contributed by atoms with E-state index in [1.807, 2.05) is 60.4 Å². The number of hydrogen-bond acceptors (Lipinski definition) is 7. The first kappa shape index (κ1) is 29.4. The molecule has 40 heavy (non-hydrogen) atoms. The minimum Gasteiger partial charge on any atom is -0.495 e. The van der Waals surface area contributed by atoms with Gasteiger partial charge in [0.25, 0.3) is 5.91 Å². The Morgan fingerprint density at radius 3 is 2.38 bits per heavy atom. The van der Waals surface area contributed by atoms with Gasteiger partial charge in [0, 0.05) is 51.6 Å². The Bertz CT molecular complexity index is 1290. The van der Waals surface area contributed by atoms with Gasteiger partial charge in [0.2, 0.25) is 0 Å². The summed E-state index contributed by atoms with van der Waals surface area (Å²) < 4.78 is 36.5. The van der Waals surface area contributed by atoms with Crippen LogP contribution in [0, 0.1) is 6.92 Å². The van der Waals surface area contributed by atoms with Crippen molar-refractivity contribution in [2.24, 2.45) is 0 Å². The zero-order valence-electron chi connectivity index (χ0n) is 23.5. The van der Waals surface area contributed by atoms with Gasteiger partial charge in [0.15, 0.2) is 17.8 Å². The van der Waals surface area contributed by atoms with Gasteiger partial charge in [-0.3, -0.25) is 9.10 Å². The lowest BCUT2D eigenvalue weighted by molar-refractivity contribution is -0.00846. The normalized spacial score (nSPS) is 14.1. The molecule has 3 aromatic rings. The number of carbonyl (C=O) groups is 1. The van der Waals surface area contributed by atoms with Crippen LogP contribution in [-0.4, -0.2) is 82.5 Å². The maximum absolute atomic E-state index is 13.5. The van der Waals surface area contributed by atoms with Crippen LogP contribution in [0.3, 0.4) is 0 Å². The summed E-state index contributed by atoms with van der Waals surface area (Å²) in [5, 5.41) is 0. The number of methoxy groups -OCH3 is 2. The van der Waals surface area contributed by atoms with Crippen molar-refractivity contribution in [3.63, 3.8) is 0 Å². The van der Waals surface area contributed by atoms with Gasteiger partial charge >= 0.3 is 0 Å². The molecule has 1 saturated heterocycles. The Kier molecular flexibility index (Phi) is 10.4. The number of para-hydroxylation sites is 2. The monoisotopic (exact) mass is 567 g/mol. The highest BCUT2D eigenvalue weighted by molar-refractivity contribution is 7.86. The van der Waals surface area contributed by atoms with Gasteiger partial charge in [-0.25, -0.2) is 4.21 Å². The number of aryl methyl sites for hydroxylation is 1. The standard InChI is InChI=1S/C30H37N3O6S/c1-23-9-14-26(40(35)31(2)24-10-12-25(13-11-24)39-22-38-20-19-36-3)21-27(23)30(34)33-17-15-32(16-18-33)28-7-5-6-8-29(28)37-4/h5-14,21H,15-20,22H2,1-4H3. The van der Waals surface area contributed by atoms with Crippen molar-refractivity contribution in [3.05, 3.63) is 77.9 Å². The number of hydrogen-bond donors (Lipinski definition) is 0. The van der Waals surface area contributed by atoms with Gasteiger partial charge in [0.05, 0.1) is 30.9 Å². The molecule has 0 N–H and O–H groups in total. The highest BCUT2D eigenvalue weighted by atomic mass is 32.2. The van der Waals surface area contributed by atoms with Gasteiger partial charge in [0.1, 0.15) is 11.5 Å². The second-order valence-electron chi connectivity index (χ2n) is 9.33. The Morgan fingerprint density at radius 2 is 1.68 bits per heavy atom. The number of piperazine rings is 1. The fourth-order valence-corrected chi connectivity index (χ4v) is 5.50. The topological polar surface area (TPSA) is 80.8 Å². The molecule has 1 fully saturated rings. The molecule has 214 valence electrons. The summed E-state index contributed by atoms with van der Waals surface area (Å²) in [5.74, 6) is 1.42. The maximum Gasteiger partial charge on any atom is 0.254 e. The molecule has 0 aromatic heterocycles. The van der Waals surface area contributed by atoms with E-state index in [1.54, 1.807) is 43.8 Å². The van der Waals surface area contributed by atoms with E-state index in [0.29, 0.717) is 55.6 Å². The molecular formula is C30H37N3O6S. The average molecular weight is 568 g/mol. The summed E-state index contributed by atoms with van der Waals surface area (Å²) in [6.45, 7) is 5.59. The molecule has 1 heterocycles.